The number of carbonyl (C=O) groups is 1. The van der Waals surface area contributed by atoms with E-state index in [0.29, 0.717) is 37.2 Å². The summed E-state index contributed by atoms with van der Waals surface area (Å²) in [5.74, 6) is -0.0500. The van der Waals surface area contributed by atoms with Crippen LogP contribution in [0.4, 0.5) is 15.8 Å². The number of hydrogen-bond donors (Lipinski definition) is 2. The van der Waals surface area contributed by atoms with Crippen molar-refractivity contribution >= 4 is 17.3 Å². The molecule has 1 saturated heterocycles. The van der Waals surface area contributed by atoms with Gasteiger partial charge < -0.3 is 16.0 Å². The number of aryl methyl sites for hydroxylation is 1. The van der Waals surface area contributed by atoms with Crippen LogP contribution in [0.3, 0.4) is 0 Å². The Kier molecular flexibility index (Phi) is 5.27. The molecule has 3 N–H and O–H groups in total. The van der Waals surface area contributed by atoms with E-state index in [2.05, 4.69) is 10.2 Å². The Hall–Kier alpha value is -1.78. The van der Waals surface area contributed by atoms with E-state index in [0.717, 1.165) is 24.1 Å². The van der Waals surface area contributed by atoms with Crippen molar-refractivity contribution in [2.45, 2.75) is 64.1 Å². The van der Waals surface area contributed by atoms with E-state index in [9.17, 15) is 9.18 Å². The van der Waals surface area contributed by atoms with Crippen molar-refractivity contribution in [2.24, 2.45) is 0 Å². The molecule has 4 nitrogen and oxygen atoms in total. The molecule has 0 unspecified atom stereocenters. The normalized spacial score (nSPS) is 20.2. The van der Waals surface area contributed by atoms with Crippen LogP contribution in [-0.2, 0) is 0 Å². The Morgan fingerprint density at radius 1 is 1.17 bits per heavy atom. The Bertz CT molecular complexity index is 591. The zero-order chi connectivity index (χ0) is 17.1. The van der Waals surface area contributed by atoms with E-state index in [1.807, 2.05) is 13.0 Å². The first kappa shape index (κ1) is 17.1. The number of amides is 1. The highest BCUT2D eigenvalue weighted by atomic mass is 19.1. The molecule has 5 heteroatoms. The Morgan fingerprint density at radius 2 is 1.83 bits per heavy atom. The highest BCUT2D eigenvalue weighted by Crippen LogP contribution is 2.30. The maximum Gasteiger partial charge on any atom is 0.253 e. The lowest BCUT2D eigenvalue weighted by Gasteiger charge is -2.33. The third-order valence-electron chi connectivity index (χ3n) is 5.33. The maximum absolute atomic E-state index is 13.5. The van der Waals surface area contributed by atoms with Crippen molar-refractivity contribution in [3.63, 3.8) is 0 Å². The van der Waals surface area contributed by atoms with Gasteiger partial charge in [0.15, 0.2) is 0 Å². The van der Waals surface area contributed by atoms with Gasteiger partial charge >= 0.3 is 0 Å². The van der Waals surface area contributed by atoms with Gasteiger partial charge in [-0.2, -0.15) is 0 Å². The quantitative estimate of drug-likeness (QED) is 0.831. The number of rotatable bonds is 3. The molecule has 132 valence electrons. The number of nitrogen functional groups attached to an aromatic ring is 1. The monoisotopic (exact) mass is 333 g/mol. The van der Waals surface area contributed by atoms with Crippen LogP contribution in [0.5, 0.6) is 0 Å². The van der Waals surface area contributed by atoms with E-state index in [-0.39, 0.29) is 11.9 Å². The van der Waals surface area contributed by atoms with Crippen LogP contribution in [0.25, 0.3) is 0 Å². The highest BCUT2D eigenvalue weighted by molar-refractivity contribution is 6.01. The lowest BCUT2D eigenvalue weighted by atomic mass is 9.95. The molecule has 3 rings (SSSR count). The summed E-state index contributed by atoms with van der Waals surface area (Å²) in [6.07, 6.45) is 6.03. The lowest BCUT2D eigenvalue weighted by Crippen LogP contribution is -2.39. The van der Waals surface area contributed by atoms with E-state index < -0.39 is 6.17 Å². The number of hydrogen-bond acceptors (Lipinski definition) is 3. The molecule has 0 radical (unpaired) electrons. The summed E-state index contributed by atoms with van der Waals surface area (Å²) in [7, 11) is 0. The van der Waals surface area contributed by atoms with Gasteiger partial charge in [0, 0.05) is 30.5 Å². The van der Waals surface area contributed by atoms with Crippen LogP contribution in [0.1, 0.15) is 60.9 Å². The maximum atomic E-state index is 13.5. The van der Waals surface area contributed by atoms with Crippen LogP contribution in [0.15, 0.2) is 12.1 Å². The molecule has 2 fully saturated rings. The van der Waals surface area contributed by atoms with Gasteiger partial charge in [-0.25, -0.2) is 4.39 Å². The fourth-order valence-electron chi connectivity index (χ4n) is 3.75. The average Bonchev–Trinajstić information content (AvgIpc) is 2.58. The second-order valence-corrected chi connectivity index (χ2v) is 7.20. The average molecular weight is 333 g/mol. The fraction of sp³-hybridized carbons (Fsp3) is 0.632. The molecule has 1 aromatic rings. The molecule has 0 atom stereocenters. The first-order valence-corrected chi connectivity index (χ1v) is 9.14. The zero-order valence-corrected chi connectivity index (χ0v) is 14.5. The van der Waals surface area contributed by atoms with Crippen molar-refractivity contribution in [3.8, 4) is 0 Å². The van der Waals surface area contributed by atoms with Crippen molar-refractivity contribution in [2.75, 3.05) is 23.7 Å². The van der Waals surface area contributed by atoms with E-state index in [1.165, 1.54) is 19.3 Å². The summed E-state index contributed by atoms with van der Waals surface area (Å²) >= 11 is 0. The van der Waals surface area contributed by atoms with Crippen LogP contribution >= 0.6 is 0 Å². The molecule has 1 aliphatic carbocycles. The second-order valence-electron chi connectivity index (χ2n) is 7.20. The van der Waals surface area contributed by atoms with Gasteiger partial charge in [-0.3, -0.25) is 4.79 Å². The molecule has 1 saturated carbocycles. The smallest absolute Gasteiger partial charge is 0.253 e. The minimum atomic E-state index is -0.726. The summed E-state index contributed by atoms with van der Waals surface area (Å²) in [6.45, 7) is 3.24. The molecule has 2 aliphatic rings. The lowest BCUT2D eigenvalue weighted by molar-refractivity contribution is 0.0928. The van der Waals surface area contributed by atoms with Gasteiger partial charge in [0.2, 0.25) is 0 Å². The highest BCUT2D eigenvalue weighted by Gasteiger charge is 2.25. The van der Waals surface area contributed by atoms with E-state index in [1.54, 1.807) is 6.07 Å². The van der Waals surface area contributed by atoms with Crippen molar-refractivity contribution in [3.05, 3.63) is 23.3 Å². The summed E-state index contributed by atoms with van der Waals surface area (Å²) in [5, 5.41) is 3.17. The summed E-state index contributed by atoms with van der Waals surface area (Å²) in [6, 6.07) is 4.02. The summed E-state index contributed by atoms with van der Waals surface area (Å²) in [4.78, 5) is 15.0. The van der Waals surface area contributed by atoms with Gasteiger partial charge in [0.25, 0.3) is 5.91 Å². The van der Waals surface area contributed by atoms with Gasteiger partial charge in [-0.05, 0) is 50.3 Å². The number of piperidine rings is 1. The molecular formula is C19H28FN3O. The van der Waals surface area contributed by atoms with Gasteiger partial charge in [0.05, 0.1) is 5.56 Å². The molecule has 24 heavy (non-hydrogen) atoms. The SMILES string of the molecule is Cc1cc(N2CCC(F)CC2)c(C(=O)NC2CCCCC2)cc1N. The topological polar surface area (TPSA) is 58.4 Å². The first-order chi connectivity index (χ1) is 11.5. The number of alkyl halides is 1. The van der Waals surface area contributed by atoms with Crippen LogP contribution in [0, 0.1) is 6.92 Å². The largest absolute Gasteiger partial charge is 0.398 e. The molecule has 0 aromatic heterocycles. The minimum Gasteiger partial charge on any atom is -0.398 e. The first-order valence-electron chi connectivity index (χ1n) is 9.14. The molecule has 1 aliphatic heterocycles. The fourth-order valence-corrected chi connectivity index (χ4v) is 3.75. The van der Waals surface area contributed by atoms with Crippen molar-refractivity contribution < 1.29 is 9.18 Å². The van der Waals surface area contributed by atoms with E-state index in [4.69, 9.17) is 5.73 Å². The number of nitrogens with zero attached hydrogens (tertiary/aromatic N) is 1. The van der Waals surface area contributed by atoms with Crippen LogP contribution < -0.4 is 16.0 Å². The zero-order valence-electron chi connectivity index (χ0n) is 14.5. The van der Waals surface area contributed by atoms with Crippen molar-refractivity contribution in [1.29, 1.82) is 0 Å². The molecule has 1 heterocycles. The summed E-state index contributed by atoms with van der Waals surface area (Å²) < 4.78 is 13.5. The Labute approximate surface area is 143 Å². The molecule has 1 amide bonds. The van der Waals surface area contributed by atoms with E-state index >= 15 is 0 Å². The number of halogens is 1. The van der Waals surface area contributed by atoms with Gasteiger partial charge in [-0.1, -0.05) is 19.3 Å². The predicted octanol–water partition coefficient (Wildman–Crippen LogP) is 3.58. The summed E-state index contributed by atoms with van der Waals surface area (Å²) in [5.41, 5.74) is 9.16. The minimum absolute atomic E-state index is 0.0500. The Morgan fingerprint density at radius 3 is 2.50 bits per heavy atom. The number of benzene rings is 1. The number of nitrogens with one attached hydrogen (secondary N) is 1. The number of carbonyl (C=O) groups excluding carboxylic acids is 1. The van der Waals surface area contributed by atoms with Crippen LogP contribution in [0.2, 0.25) is 0 Å². The molecular weight excluding hydrogens is 305 g/mol. The predicted molar refractivity (Wildman–Crippen MR) is 96.3 cm³/mol. The third-order valence-corrected chi connectivity index (χ3v) is 5.33. The van der Waals surface area contributed by atoms with Gasteiger partial charge in [0.1, 0.15) is 6.17 Å². The Balaban J connectivity index is 1.82. The number of nitrogens with two attached hydrogens (primary N) is 1. The second kappa shape index (κ2) is 7.41. The van der Waals surface area contributed by atoms with Crippen molar-refractivity contribution in [1.82, 2.24) is 5.32 Å². The molecule has 0 spiro atoms. The third kappa shape index (κ3) is 3.82. The molecule has 1 aromatic carbocycles. The number of anilines is 2. The molecule has 0 bridgehead atoms. The van der Waals surface area contributed by atoms with Crippen LogP contribution in [-0.4, -0.2) is 31.2 Å². The standard InChI is InChI=1S/C19H28FN3O/c1-13-11-18(23-9-7-14(20)8-10-23)16(12-17(13)21)19(24)22-15-5-3-2-4-6-15/h11-12,14-15H,2-10,21H2,1H3,(H,22,24). The van der Waals surface area contributed by atoms with Gasteiger partial charge in [-0.15, -0.1) is 0 Å².